The first-order valence-electron chi connectivity index (χ1n) is 5.67. The van der Waals surface area contributed by atoms with Crippen molar-refractivity contribution < 1.29 is 0 Å². The summed E-state index contributed by atoms with van der Waals surface area (Å²) in [5.74, 6) is 1.74. The van der Waals surface area contributed by atoms with Crippen molar-refractivity contribution >= 4 is 23.0 Å². The standard InChI is InChI=1S/C12H17N3S/c1-9-3-2-6-15(8-9)11-7-10(12(13)16)4-5-14-11/h4-5,7,9H,2-3,6,8H2,1H3,(H2,13,16). The molecule has 0 aromatic carbocycles. The lowest BCUT2D eigenvalue weighted by atomic mass is 10.0. The molecule has 1 atom stereocenters. The van der Waals surface area contributed by atoms with Gasteiger partial charge < -0.3 is 10.6 Å². The third kappa shape index (κ3) is 2.50. The van der Waals surface area contributed by atoms with Gasteiger partial charge in [-0.1, -0.05) is 19.1 Å². The van der Waals surface area contributed by atoms with Crippen molar-refractivity contribution in [2.24, 2.45) is 11.7 Å². The highest BCUT2D eigenvalue weighted by Crippen LogP contribution is 2.21. The SMILES string of the molecule is CC1CCCN(c2cc(C(N)=S)ccn2)C1. The van der Waals surface area contributed by atoms with E-state index in [0.717, 1.165) is 30.4 Å². The van der Waals surface area contributed by atoms with Crippen molar-refractivity contribution in [2.45, 2.75) is 19.8 Å². The van der Waals surface area contributed by atoms with E-state index in [4.69, 9.17) is 18.0 Å². The lowest BCUT2D eigenvalue weighted by Crippen LogP contribution is -2.34. The Morgan fingerprint density at radius 1 is 1.62 bits per heavy atom. The van der Waals surface area contributed by atoms with Gasteiger partial charge in [-0.05, 0) is 30.9 Å². The molecule has 0 amide bonds. The second-order valence-corrected chi connectivity index (χ2v) is 4.90. The lowest BCUT2D eigenvalue weighted by molar-refractivity contribution is 0.444. The van der Waals surface area contributed by atoms with E-state index in [2.05, 4.69) is 16.8 Å². The van der Waals surface area contributed by atoms with Crippen molar-refractivity contribution in [1.29, 1.82) is 0 Å². The minimum atomic E-state index is 0.439. The van der Waals surface area contributed by atoms with E-state index in [1.165, 1.54) is 12.8 Å². The van der Waals surface area contributed by atoms with Crippen LogP contribution in [0.1, 0.15) is 25.3 Å². The Kier molecular flexibility index (Phi) is 3.39. The third-order valence-electron chi connectivity index (χ3n) is 3.01. The van der Waals surface area contributed by atoms with Crippen LogP contribution in [0.2, 0.25) is 0 Å². The van der Waals surface area contributed by atoms with Crippen LogP contribution in [-0.4, -0.2) is 23.1 Å². The second-order valence-electron chi connectivity index (χ2n) is 4.46. The Balaban J connectivity index is 2.19. The Bertz CT molecular complexity index is 392. The third-order valence-corrected chi connectivity index (χ3v) is 3.25. The molecule has 0 radical (unpaired) electrons. The molecule has 0 aliphatic carbocycles. The maximum absolute atomic E-state index is 5.62. The van der Waals surface area contributed by atoms with Crippen LogP contribution >= 0.6 is 12.2 Å². The van der Waals surface area contributed by atoms with Crippen LogP contribution in [-0.2, 0) is 0 Å². The summed E-state index contributed by atoms with van der Waals surface area (Å²) in [4.78, 5) is 7.14. The highest BCUT2D eigenvalue weighted by molar-refractivity contribution is 7.80. The summed E-state index contributed by atoms with van der Waals surface area (Å²) in [5.41, 5.74) is 6.53. The van der Waals surface area contributed by atoms with Crippen molar-refractivity contribution in [3.8, 4) is 0 Å². The predicted molar refractivity (Wildman–Crippen MR) is 70.7 cm³/mol. The minimum absolute atomic E-state index is 0.439. The fraction of sp³-hybridized carbons (Fsp3) is 0.500. The molecule has 2 heterocycles. The van der Waals surface area contributed by atoms with Gasteiger partial charge in [0.2, 0.25) is 0 Å². The van der Waals surface area contributed by atoms with Crippen molar-refractivity contribution in [1.82, 2.24) is 4.98 Å². The first-order valence-corrected chi connectivity index (χ1v) is 6.08. The fourth-order valence-corrected chi connectivity index (χ4v) is 2.27. The predicted octanol–water partition coefficient (Wildman–Crippen LogP) is 1.95. The van der Waals surface area contributed by atoms with Gasteiger partial charge in [0.05, 0.1) is 0 Å². The Labute approximate surface area is 102 Å². The summed E-state index contributed by atoms with van der Waals surface area (Å²) in [7, 11) is 0. The summed E-state index contributed by atoms with van der Waals surface area (Å²) in [6.07, 6.45) is 4.33. The summed E-state index contributed by atoms with van der Waals surface area (Å²) < 4.78 is 0. The molecule has 4 heteroatoms. The molecule has 2 rings (SSSR count). The van der Waals surface area contributed by atoms with Crippen LogP contribution in [0.5, 0.6) is 0 Å². The first-order chi connectivity index (χ1) is 7.66. The number of anilines is 1. The van der Waals surface area contributed by atoms with Crippen LogP contribution < -0.4 is 10.6 Å². The van der Waals surface area contributed by atoms with Gasteiger partial charge in [-0.3, -0.25) is 0 Å². The summed E-state index contributed by atoms with van der Waals surface area (Å²) in [5, 5.41) is 0. The number of piperidine rings is 1. The molecule has 1 aromatic heterocycles. The number of thiocarbonyl (C=S) groups is 1. The van der Waals surface area contributed by atoms with Crippen LogP contribution in [0.4, 0.5) is 5.82 Å². The van der Waals surface area contributed by atoms with Crippen molar-refractivity contribution in [3.05, 3.63) is 23.9 Å². The van der Waals surface area contributed by atoms with Gasteiger partial charge in [-0.25, -0.2) is 4.98 Å². The summed E-state index contributed by atoms with van der Waals surface area (Å²) >= 11 is 4.98. The molecule has 1 unspecified atom stereocenters. The van der Waals surface area contributed by atoms with Gasteiger partial charge >= 0.3 is 0 Å². The molecule has 0 spiro atoms. The molecular weight excluding hydrogens is 218 g/mol. The Morgan fingerprint density at radius 3 is 3.12 bits per heavy atom. The Hall–Kier alpha value is -1.16. The average molecular weight is 235 g/mol. The van der Waals surface area contributed by atoms with Crippen LogP contribution in [0.3, 0.4) is 0 Å². The smallest absolute Gasteiger partial charge is 0.129 e. The molecule has 1 aromatic rings. The van der Waals surface area contributed by atoms with E-state index in [-0.39, 0.29) is 0 Å². The average Bonchev–Trinajstić information content (AvgIpc) is 2.29. The van der Waals surface area contributed by atoms with E-state index >= 15 is 0 Å². The van der Waals surface area contributed by atoms with Gasteiger partial charge in [0.15, 0.2) is 0 Å². The van der Waals surface area contributed by atoms with Crippen LogP contribution in [0.15, 0.2) is 18.3 Å². The molecule has 86 valence electrons. The van der Waals surface area contributed by atoms with E-state index in [1.54, 1.807) is 6.20 Å². The topological polar surface area (TPSA) is 42.1 Å². The summed E-state index contributed by atoms with van der Waals surface area (Å²) in [6.45, 7) is 4.44. The molecule has 1 aliphatic heterocycles. The van der Waals surface area contributed by atoms with Crippen LogP contribution in [0.25, 0.3) is 0 Å². The van der Waals surface area contributed by atoms with E-state index in [9.17, 15) is 0 Å². The maximum Gasteiger partial charge on any atom is 0.129 e. The molecule has 2 N–H and O–H groups in total. The molecule has 0 saturated carbocycles. The first kappa shape index (κ1) is 11.3. The maximum atomic E-state index is 5.62. The monoisotopic (exact) mass is 235 g/mol. The van der Waals surface area contributed by atoms with Gasteiger partial charge in [0, 0.05) is 24.8 Å². The number of pyridine rings is 1. The van der Waals surface area contributed by atoms with Crippen molar-refractivity contribution in [2.75, 3.05) is 18.0 Å². The molecule has 3 nitrogen and oxygen atoms in total. The second kappa shape index (κ2) is 4.78. The molecule has 1 aliphatic rings. The van der Waals surface area contributed by atoms with Gasteiger partial charge in [-0.15, -0.1) is 0 Å². The largest absolute Gasteiger partial charge is 0.389 e. The number of hydrogen-bond donors (Lipinski definition) is 1. The van der Waals surface area contributed by atoms with E-state index in [0.29, 0.717) is 4.99 Å². The highest BCUT2D eigenvalue weighted by Gasteiger charge is 2.17. The zero-order chi connectivity index (χ0) is 11.5. The number of rotatable bonds is 2. The fourth-order valence-electron chi connectivity index (χ4n) is 2.14. The Morgan fingerprint density at radius 2 is 2.44 bits per heavy atom. The molecule has 1 fully saturated rings. The zero-order valence-corrected chi connectivity index (χ0v) is 10.3. The number of nitrogens with zero attached hydrogens (tertiary/aromatic N) is 2. The normalized spacial score (nSPS) is 20.8. The van der Waals surface area contributed by atoms with Crippen molar-refractivity contribution in [3.63, 3.8) is 0 Å². The van der Waals surface area contributed by atoms with Gasteiger partial charge in [0.1, 0.15) is 10.8 Å². The number of nitrogens with two attached hydrogens (primary N) is 1. The molecule has 16 heavy (non-hydrogen) atoms. The highest BCUT2D eigenvalue weighted by atomic mass is 32.1. The minimum Gasteiger partial charge on any atom is -0.389 e. The van der Waals surface area contributed by atoms with Crippen LogP contribution in [0, 0.1) is 5.92 Å². The molecule has 1 saturated heterocycles. The lowest BCUT2D eigenvalue weighted by Gasteiger charge is -2.31. The number of aromatic nitrogens is 1. The molecule has 0 bridgehead atoms. The van der Waals surface area contributed by atoms with Gasteiger partial charge in [0.25, 0.3) is 0 Å². The van der Waals surface area contributed by atoms with E-state index < -0.39 is 0 Å². The number of hydrogen-bond acceptors (Lipinski definition) is 3. The van der Waals surface area contributed by atoms with Gasteiger partial charge in [-0.2, -0.15) is 0 Å². The quantitative estimate of drug-likeness (QED) is 0.796. The molecular formula is C12H17N3S. The zero-order valence-electron chi connectivity index (χ0n) is 9.52. The summed E-state index contributed by atoms with van der Waals surface area (Å²) in [6, 6.07) is 3.85. The van der Waals surface area contributed by atoms with E-state index in [1.807, 2.05) is 12.1 Å².